The third-order valence-corrected chi connectivity index (χ3v) is 3.32. The second-order valence-corrected chi connectivity index (χ2v) is 5.10. The molecule has 0 saturated heterocycles. The molecule has 108 valence electrons. The van der Waals surface area contributed by atoms with Crippen LogP contribution >= 0.6 is 0 Å². The van der Waals surface area contributed by atoms with Crippen LogP contribution < -0.4 is 4.74 Å². The molecule has 0 fully saturated rings. The highest BCUT2D eigenvalue weighted by molar-refractivity contribution is 5.76. The monoisotopic (exact) mass is 274 g/mol. The topological polar surface area (TPSA) is 53.3 Å². The van der Waals surface area contributed by atoms with Gasteiger partial charge < -0.3 is 9.64 Å². The van der Waals surface area contributed by atoms with Gasteiger partial charge in [0.2, 0.25) is 5.91 Å². The number of amides is 1. The maximum absolute atomic E-state index is 11.9. The first-order valence-electron chi connectivity index (χ1n) is 6.78. The number of rotatable bonds is 6. The first-order valence-corrected chi connectivity index (χ1v) is 6.78. The average molecular weight is 274 g/mol. The van der Waals surface area contributed by atoms with Gasteiger partial charge in [-0.25, -0.2) is 0 Å². The Labute approximate surface area is 121 Å². The van der Waals surface area contributed by atoms with Crippen LogP contribution in [0.3, 0.4) is 0 Å². The van der Waals surface area contributed by atoms with Gasteiger partial charge in [0, 0.05) is 13.6 Å². The van der Waals surface area contributed by atoms with E-state index in [9.17, 15) is 4.79 Å². The smallest absolute Gasteiger partial charge is 0.225 e. The lowest BCUT2D eigenvalue weighted by atomic mass is 10.1. The zero-order chi connectivity index (χ0) is 15.1. The molecule has 0 N–H and O–H groups in total. The summed E-state index contributed by atoms with van der Waals surface area (Å²) < 4.78 is 5.66. The second kappa shape index (κ2) is 7.54. The number of benzene rings is 1. The fraction of sp³-hybridized carbons (Fsp3) is 0.500. The molecule has 1 rings (SSSR count). The molecule has 0 aliphatic heterocycles. The minimum atomic E-state index is -0.149. The van der Waals surface area contributed by atoms with Gasteiger partial charge in [-0.1, -0.05) is 12.1 Å². The molecule has 0 saturated carbocycles. The van der Waals surface area contributed by atoms with Gasteiger partial charge in [0.05, 0.1) is 25.0 Å². The zero-order valence-corrected chi connectivity index (χ0v) is 12.6. The number of ether oxygens (including phenoxy) is 1. The summed E-state index contributed by atoms with van der Waals surface area (Å²) in [6.07, 6.45) is 0.321. The Morgan fingerprint density at radius 3 is 2.80 bits per heavy atom. The summed E-state index contributed by atoms with van der Waals surface area (Å²) in [5.74, 6) is 0.673. The van der Waals surface area contributed by atoms with Crippen molar-refractivity contribution in [2.75, 3.05) is 20.2 Å². The fourth-order valence-electron chi connectivity index (χ4n) is 1.87. The Morgan fingerprint density at radius 1 is 1.45 bits per heavy atom. The molecule has 20 heavy (non-hydrogen) atoms. The Balaban J connectivity index is 2.42. The van der Waals surface area contributed by atoms with Gasteiger partial charge >= 0.3 is 0 Å². The summed E-state index contributed by atoms with van der Waals surface area (Å²) in [6, 6.07) is 8.01. The largest absolute Gasteiger partial charge is 0.493 e. The SMILES string of the molecule is Cc1cccc(OCCC(=O)N(C)CC(C)C#N)c1C. The first kappa shape index (κ1) is 16.0. The highest BCUT2D eigenvalue weighted by Gasteiger charge is 2.12. The van der Waals surface area contributed by atoms with Crippen LogP contribution in [-0.4, -0.2) is 31.0 Å². The molecular weight excluding hydrogens is 252 g/mol. The van der Waals surface area contributed by atoms with Gasteiger partial charge in [0.15, 0.2) is 0 Å². The van der Waals surface area contributed by atoms with Crippen LogP contribution in [-0.2, 0) is 4.79 Å². The molecule has 1 atom stereocenters. The standard InChI is InChI=1S/C16H22N2O2/c1-12(10-17)11-18(4)16(19)8-9-20-15-7-5-6-13(2)14(15)3/h5-7,12H,8-9,11H2,1-4H3. The summed E-state index contributed by atoms with van der Waals surface area (Å²) in [4.78, 5) is 13.5. The first-order chi connectivity index (χ1) is 9.45. The quantitative estimate of drug-likeness (QED) is 0.801. The summed E-state index contributed by atoms with van der Waals surface area (Å²) >= 11 is 0. The van der Waals surface area contributed by atoms with Crippen LogP contribution in [0.1, 0.15) is 24.5 Å². The summed E-state index contributed by atoms with van der Waals surface area (Å²) in [5, 5.41) is 8.73. The van der Waals surface area contributed by atoms with Crippen molar-refractivity contribution in [3.63, 3.8) is 0 Å². The Kier molecular flexibility index (Phi) is 6.05. The molecule has 0 aromatic heterocycles. The molecule has 0 aliphatic rings. The van der Waals surface area contributed by atoms with Crippen LogP contribution in [0.15, 0.2) is 18.2 Å². The molecule has 0 bridgehead atoms. The van der Waals surface area contributed by atoms with E-state index in [-0.39, 0.29) is 11.8 Å². The number of carbonyl (C=O) groups excluding carboxylic acids is 1. The summed E-state index contributed by atoms with van der Waals surface area (Å²) in [6.45, 7) is 6.65. The molecule has 0 spiro atoms. The van der Waals surface area contributed by atoms with Crippen LogP contribution in [0.5, 0.6) is 5.75 Å². The highest BCUT2D eigenvalue weighted by atomic mass is 16.5. The van der Waals surface area contributed by atoms with Crippen molar-refractivity contribution in [3.8, 4) is 11.8 Å². The maximum atomic E-state index is 11.9. The van der Waals surface area contributed by atoms with Crippen LogP contribution in [0.4, 0.5) is 0 Å². The van der Waals surface area contributed by atoms with Crippen LogP contribution in [0.25, 0.3) is 0 Å². The van der Waals surface area contributed by atoms with Gasteiger partial charge in [-0.05, 0) is 38.0 Å². The molecular formula is C16H22N2O2. The predicted molar refractivity (Wildman–Crippen MR) is 78.4 cm³/mol. The normalized spacial score (nSPS) is 11.6. The summed E-state index contributed by atoms with van der Waals surface area (Å²) in [5.41, 5.74) is 2.28. The number of carbonyl (C=O) groups is 1. The minimum absolute atomic E-state index is 0.00240. The molecule has 1 amide bonds. The molecule has 1 aromatic rings. The lowest BCUT2D eigenvalue weighted by Gasteiger charge is -2.18. The van der Waals surface area contributed by atoms with E-state index in [1.54, 1.807) is 18.9 Å². The van der Waals surface area contributed by atoms with Crippen LogP contribution in [0.2, 0.25) is 0 Å². The number of nitriles is 1. The van der Waals surface area contributed by atoms with Crippen molar-refractivity contribution < 1.29 is 9.53 Å². The second-order valence-electron chi connectivity index (χ2n) is 5.10. The van der Waals surface area contributed by atoms with Crippen molar-refractivity contribution in [2.45, 2.75) is 27.2 Å². The van der Waals surface area contributed by atoms with E-state index in [0.717, 1.165) is 11.3 Å². The van der Waals surface area contributed by atoms with E-state index in [4.69, 9.17) is 10.00 Å². The zero-order valence-electron chi connectivity index (χ0n) is 12.6. The van der Waals surface area contributed by atoms with E-state index < -0.39 is 0 Å². The van der Waals surface area contributed by atoms with E-state index in [1.165, 1.54) is 5.56 Å². The molecule has 1 unspecified atom stereocenters. The van der Waals surface area contributed by atoms with Crippen molar-refractivity contribution in [2.24, 2.45) is 5.92 Å². The van der Waals surface area contributed by atoms with E-state index in [1.807, 2.05) is 32.0 Å². The molecule has 0 heterocycles. The summed E-state index contributed by atoms with van der Waals surface area (Å²) in [7, 11) is 1.72. The van der Waals surface area contributed by atoms with Gasteiger partial charge in [-0.15, -0.1) is 0 Å². The number of aryl methyl sites for hydroxylation is 1. The Morgan fingerprint density at radius 2 is 2.15 bits per heavy atom. The fourth-order valence-corrected chi connectivity index (χ4v) is 1.87. The van der Waals surface area contributed by atoms with Gasteiger partial charge in [0.1, 0.15) is 5.75 Å². The number of hydrogen-bond acceptors (Lipinski definition) is 3. The maximum Gasteiger partial charge on any atom is 0.225 e. The lowest BCUT2D eigenvalue weighted by Crippen LogP contribution is -2.31. The van der Waals surface area contributed by atoms with Crippen molar-refractivity contribution in [1.82, 2.24) is 4.90 Å². The third-order valence-electron chi connectivity index (χ3n) is 3.32. The predicted octanol–water partition coefficient (Wildman–Crippen LogP) is 2.69. The third kappa shape index (κ3) is 4.58. The number of hydrogen-bond donors (Lipinski definition) is 0. The van der Waals surface area contributed by atoms with Crippen molar-refractivity contribution in [3.05, 3.63) is 29.3 Å². The average Bonchev–Trinajstić information content (AvgIpc) is 2.43. The Hall–Kier alpha value is -2.02. The lowest BCUT2D eigenvalue weighted by molar-refractivity contribution is -0.130. The molecule has 4 heteroatoms. The highest BCUT2D eigenvalue weighted by Crippen LogP contribution is 2.20. The molecule has 1 aromatic carbocycles. The molecule has 0 aliphatic carbocycles. The van der Waals surface area contributed by atoms with Crippen LogP contribution in [0, 0.1) is 31.1 Å². The minimum Gasteiger partial charge on any atom is -0.493 e. The number of nitrogens with zero attached hydrogens (tertiary/aromatic N) is 2. The molecule has 4 nitrogen and oxygen atoms in total. The van der Waals surface area contributed by atoms with Gasteiger partial charge in [-0.2, -0.15) is 5.26 Å². The van der Waals surface area contributed by atoms with Gasteiger partial charge in [0.25, 0.3) is 0 Å². The van der Waals surface area contributed by atoms with E-state index in [2.05, 4.69) is 6.07 Å². The van der Waals surface area contributed by atoms with E-state index >= 15 is 0 Å². The molecule has 0 radical (unpaired) electrons. The van der Waals surface area contributed by atoms with Crippen molar-refractivity contribution >= 4 is 5.91 Å². The van der Waals surface area contributed by atoms with Gasteiger partial charge in [-0.3, -0.25) is 4.79 Å². The Bertz CT molecular complexity index is 506. The van der Waals surface area contributed by atoms with Crippen molar-refractivity contribution in [1.29, 1.82) is 5.26 Å². The van der Waals surface area contributed by atoms with E-state index in [0.29, 0.717) is 19.6 Å².